The van der Waals surface area contributed by atoms with E-state index in [0.29, 0.717) is 0 Å². The first-order valence-electron chi connectivity index (χ1n) is 6.30. The Morgan fingerprint density at radius 1 is 1.41 bits per heavy atom. The Balaban J connectivity index is 3.17. The molecule has 1 aromatic carbocycles. The number of hydrogen-bond donors (Lipinski definition) is 0. The van der Waals surface area contributed by atoms with Crippen LogP contribution in [0.1, 0.15) is 38.7 Å². The van der Waals surface area contributed by atoms with Gasteiger partial charge < -0.3 is 0 Å². The molecule has 2 atom stereocenters. The van der Waals surface area contributed by atoms with Crippen LogP contribution >= 0.6 is 0 Å². The van der Waals surface area contributed by atoms with E-state index in [1.54, 1.807) is 0 Å². The Bertz CT molecular complexity index is 388. The molecule has 0 N–H and O–H groups in total. The second kappa shape index (κ2) is 6.25. The van der Waals surface area contributed by atoms with Gasteiger partial charge in [-0.05, 0) is 17.9 Å². The smallest absolute Gasteiger partial charge is 0.0881 e. The van der Waals surface area contributed by atoms with E-state index in [1.807, 2.05) is 24.3 Å². The fourth-order valence-electron chi connectivity index (χ4n) is 2.25. The summed E-state index contributed by atoms with van der Waals surface area (Å²) < 4.78 is 0. The average molecular weight is 227 g/mol. The zero-order valence-corrected chi connectivity index (χ0v) is 10.8. The van der Waals surface area contributed by atoms with Crippen LogP contribution in [0.2, 0.25) is 0 Å². The van der Waals surface area contributed by atoms with Crippen molar-refractivity contribution in [3.05, 3.63) is 48.6 Å². The topological polar surface area (TPSA) is 23.8 Å². The van der Waals surface area contributed by atoms with Gasteiger partial charge in [-0.15, -0.1) is 6.58 Å². The Morgan fingerprint density at radius 3 is 2.53 bits per heavy atom. The second-order valence-corrected chi connectivity index (χ2v) is 4.58. The Kier molecular flexibility index (Phi) is 4.97. The van der Waals surface area contributed by atoms with Crippen LogP contribution in [0.15, 0.2) is 43.0 Å². The van der Waals surface area contributed by atoms with E-state index in [9.17, 15) is 5.26 Å². The number of nitrogens with zero attached hydrogens (tertiary/aromatic N) is 1. The van der Waals surface area contributed by atoms with Crippen molar-refractivity contribution in [1.82, 2.24) is 0 Å². The Labute approximate surface area is 105 Å². The molecule has 1 heteroatoms. The van der Waals surface area contributed by atoms with Crippen LogP contribution in [-0.2, 0) is 5.41 Å². The molecule has 0 aliphatic rings. The normalized spacial score (nSPS) is 15.6. The molecule has 0 aliphatic carbocycles. The van der Waals surface area contributed by atoms with Gasteiger partial charge in [-0.25, -0.2) is 0 Å². The molecule has 1 aromatic rings. The van der Waals surface area contributed by atoms with Crippen molar-refractivity contribution in [2.45, 2.75) is 38.5 Å². The largest absolute Gasteiger partial charge is 0.197 e. The predicted octanol–water partition coefficient (Wildman–Crippen LogP) is 4.46. The zero-order chi connectivity index (χ0) is 12.7. The minimum atomic E-state index is -0.418. The molecule has 0 aromatic heterocycles. The van der Waals surface area contributed by atoms with Crippen molar-refractivity contribution in [1.29, 1.82) is 5.26 Å². The van der Waals surface area contributed by atoms with Crippen LogP contribution in [0.3, 0.4) is 0 Å². The van der Waals surface area contributed by atoms with Crippen LogP contribution < -0.4 is 0 Å². The fourth-order valence-corrected chi connectivity index (χ4v) is 2.25. The molecule has 17 heavy (non-hydrogen) atoms. The van der Waals surface area contributed by atoms with Gasteiger partial charge in [-0.2, -0.15) is 5.26 Å². The lowest BCUT2D eigenvalue weighted by Gasteiger charge is -2.31. The van der Waals surface area contributed by atoms with Gasteiger partial charge in [-0.3, -0.25) is 0 Å². The van der Waals surface area contributed by atoms with Crippen LogP contribution in [0.4, 0.5) is 0 Å². The molecule has 2 unspecified atom stereocenters. The molecule has 0 bridgehead atoms. The summed E-state index contributed by atoms with van der Waals surface area (Å²) in [5.41, 5.74) is 0.697. The standard InChI is InChI=1S/C16H21N/c1-4-6-12-16(13-17,14(3)5-2)15-10-8-7-9-11-15/h5,7-11,14H,2,4,6,12H2,1,3H3. The first kappa shape index (κ1) is 13.5. The molecule has 0 amide bonds. The Hall–Kier alpha value is -1.55. The van der Waals surface area contributed by atoms with E-state index in [4.69, 9.17) is 0 Å². The lowest BCUT2D eigenvalue weighted by Crippen LogP contribution is -2.31. The van der Waals surface area contributed by atoms with E-state index in [-0.39, 0.29) is 5.92 Å². The Morgan fingerprint density at radius 2 is 2.06 bits per heavy atom. The lowest BCUT2D eigenvalue weighted by atomic mass is 9.69. The summed E-state index contributed by atoms with van der Waals surface area (Å²) in [6.45, 7) is 8.10. The lowest BCUT2D eigenvalue weighted by molar-refractivity contribution is 0.390. The third-order valence-electron chi connectivity index (χ3n) is 3.54. The van der Waals surface area contributed by atoms with E-state index in [1.165, 1.54) is 0 Å². The molecule has 1 nitrogen and oxygen atoms in total. The highest BCUT2D eigenvalue weighted by Crippen LogP contribution is 2.37. The molecule has 0 fully saturated rings. The van der Waals surface area contributed by atoms with Gasteiger partial charge >= 0.3 is 0 Å². The summed E-state index contributed by atoms with van der Waals surface area (Å²) >= 11 is 0. The van der Waals surface area contributed by atoms with Gasteiger partial charge in [0.15, 0.2) is 0 Å². The minimum absolute atomic E-state index is 0.168. The molecule has 1 rings (SSSR count). The minimum Gasteiger partial charge on any atom is -0.197 e. The SMILES string of the molecule is C=CC(C)C(C#N)(CCCC)c1ccccc1. The van der Waals surface area contributed by atoms with Crippen LogP contribution in [-0.4, -0.2) is 0 Å². The van der Waals surface area contributed by atoms with Gasteiger partial charge in [0, 0.05) is 0 Å². The number of rotatable bonds is 6. The summed E-state index contributed by atoms with van der Waals surface area (Å²) in [4.78, 5) is 0. The molecular formula is C16H21N. The predicted molar refractivity (Wildman–Crippen MR) is 72.6 cm³/mol. The highest BCUT2D eigenvalue weighted by atomic mass is 14.4. The fraction of sp³-hybridized carbons (Fsp3) is 0.438. The van der Waals surface area contributed by atoms with E-state index in [2.05, 4.69) is 38.6 Å². The molecular weight excluding hydrogens is 206 g/mol. The molecule has 0 saturated heterocycles. The maximum Gasteiger partial charge on any atom is 0.0881 e. The molecule has 0 heterocycles. The van der Waals surface area contributed by atoms with Crippen LogP contribution in [0.5, 0.6) is 0 Å². The van der Waals surface area contributed by atoms with Gasteiger partial charge in [-0.1, -0.05) is 63.1 Å². The molecule has 0 aliphatic heterocycles. The summed E-state index contributed by atoms with van der Waals surface area (Å²) in [7, 11) is 0. The second-order valence-electron chi connectivity index (χ2n) is 4.58. The van der Waals surface area contributed by atoms with Gasteiger partial charge in [0.25, 0.3) is 0 Å². The number of benzene rings is 1. The summed E-state index contributed by atoms with van der Waals surface area (Å²) in [5.74, 6) is 0.168. The zero-order valence-electron chi connectivity index (χ0n) is 10.8. The van der Waals surface area contributed by atoms with Crippen molar-refractivity contribution >= 4 is 0 Å². The molecule has 0 radical (unpaired) electrons. The number of nitriles is 1. The number of allylic oxidation sites excluding steroid dienone is 1. The van der Waals surface area contributed by atoms with Crippen molar-refractivity contribution in [3.63, 3.8) is 0 Å². The maximum atomic E-state index is 9.66. The molecule has 0 saturated carbocycles. The van der Waals surface area contributed by atoms with E-state index < -0.39 is 5.41 Å². The van der Waals surface area contributed by atoms with Crippen LogP contribution in [0.25, 0.3) is 0 Å². The van der Waals surface area contributed by atoms with Gasteiger partial charge in [0.2, 0.25) is 0 Å². The highest BCUT2D eigenvalue weighted by Gasteiger charge is 2.35. The first-order chi connectivity index (χ1) is 8.21. The molecule has 0 spiro atoms. The van der Waals surface area contributed by atoms with Gasteiger partial charge in [0.05, 0.1) is 11.5 Å². The monoisotopic (exact) mass is 227 g/mol. The third-order valence-corrected chi connectivity index (χ3v) is 3.54. The third kappa shape index (κ3) is 2.77. The van der Waals surface area contributed by atoms with Crippen molar-refractivity contribution in [2.24, 2.45) is 5.92 Å². The summed E-state index contributed by atoms with van der Waals surface area (Å²) in [6, 6.07) is 12.7. The summed E-state index contributed by atoms with van der Waals surface area (Å²) in [6.07, 6.45) is 4.98. The average Bonchev–Trinajstić information content (AvgIpc) is 2.41. The van der Waals surface area contributed by atoms with E-state index >= 15 is 0 Å². The highest BCUT2D eigenvalue weighted by molar-refractivity contribution is 5.34. The quantitative estimate of drug-likeness (QED) is 0.658. The maximum absolute atomic E-state index is 9.66. The van der Waals surface area contributed by atoms with Crippen molar-refractivity contribution in [3.8, 4) is 6.07 Å². The molecule has 90 valence electrons. The first-order valence-corrected chi connectivity index (χ1v) is 6.30. The summed E-state index contributed by atoms with van der Waals surface area (Å²) in [5, 5.41) is 9.66. The van der Waals surface area contributed by atoms with Crippen molar-refractivity contribution in [2.75, 3.05) is 0 Å². The van der Waals surface area contributed by atoms with Crippen LogP contribution in [0, 0.1) is 17.2 Å². The number of hydrogen-bond acceptors (Lipinski definition) is 1. The number of unbranched alkanes of at least 4 members (excludes halogenated alkanes) is 1. The van der Waals surface area contributed by atoms with E-state index in [0.717, 1.165) is 24.8 Å². The van der Waals surface area contributed by atoms with Crippen molar-refractivity contribution < 1.29 is 0 Å². The van der Waals surface area contributed by atoms with Gasteiger partial charge in [0.1, 0.15) is 0 Å².